The number of aliphatic carboxylic acids is 1. The van der Waals surface area contributed by atoms with Crippen LogP contribution in [0.3, 0.4) is 0 Å². The molecule has 3 rings (SSSR count). The molecule has 0 radical (unpaired) electrons. The molecule has 2 N–H and O–H groups in total. The molecule has 25 heavy (non-hydrogen) atoms. The summed E-state index contributed by atoms with van der Waals surface area (Å²) in [4.78, 5) is 13.7. The number of aryl methyl sites for hydroxylation is 2. The van der Waals surface area contributed by atoms with Gasteiger partial charge in [-0.25, -0.2) is 4.68 Å². The summed E-state index contributed by atoms with van der Waals surface area (Å²) in [7, 11) is 1.81. The Bertz CT molecular complexity index is 833. The summed E-state index contributed by atoms with van der Waals surface area (Å²) < 4.78 is 1.74. The molecule has 0 amide bonds. The molecule has 1 atom stereocenters. The molecule has 3 aromatic rings. The number of likely N-dealkylation sites (N-methyl/N-ethyl adjacent to an activating group) is 1. The van der Waals surface area contributed by atoms with E-state index in [1.807, 2.05) is 62.3 Å². The quantitative estimate of drug-likeness (QED) is 0.720. The third kappa shape index (κ3) is 3.46. The third-order valence-electron chi connectivity index (χ3n) is 4.34. The topological polar surface area (TPSA) is 87.0 Å². The Hall–Kier alpha value is -2.93. The minimum atomic E-state index is -0.881. The number of aromatic amines is 1. The van der Waals surface area contributed by atoms with E-state index in [1.165, 1.54) is 0 Å². The highest BCUT2D eigenvalue weighted by atomic mass is 16.4. The van der Waals surface area contributed by atoms with Crippen LogP contribution in [0.1, 0.15) is 28.6 Å². The number of hydrogen-bond donors (Lipinski definition) is 2. The molecule has 0 unspecified atom stereocenters. The van der Waals surface area contributed by atoms with Crippen LogP contribution < -0.4 is 0 Å². The lowest BCUT2D eigenvalue weighted by Gasteiger charge is -2.25. The molecule has 1 aromatic carbocycles. The zero-order valence-electron chi connectivity index (χ0n) is 14.5. The number of aromatic nitrogens is 4. The van der Waals surface area contributed by atoms with E-state index >= 15 is 0 Å². The second-order valence-corrected chi connectivity index (χ2v) is 6.11. The van der Waals surface area contributed by atoms with E-state index in [4.69, 9.17) is 0 Å². The van der Waals surface area contributed by atoms with Crippen molar-refractivity contribution in [1.82, 2.24) is 24.9 Å². The van der Waals surface area contributed by atoms with Gasteiger partial charge in [-0.3, -0.25) is 14.8 Å². The molecule has 2 heterocycles. The van der Waals surface area contributed by atoms with Crippen LogP contribution in [-0.4, -0.2) is 43.0 Å². The number of carboxylic acid groups (broad SMARTS) is 1. The first-order valence-corrected chi connectivity index (χ1v) is 8.01. The first kappa shape index (κ1) is 16.9. The van der Waals surface area contributed by atoms with Crippen LogP contribution in [0.2, 0.25) is 0 Å². The maximum atomic E-state index is 11.9. The van der Waals surface area contributed by atoms with E-state index < -0.39 is 12.0 Å². The van der Waals surface area contributed by atoms with Crippen molar-refractivity contribution in [2.24, 2.45) is 0 Å². The first-order valence-electron chi connectivity index (χ1n) is 8.01. The number of hydrogen-bond acceptors (Lipinski definition) is 4. The lowest BCUT2D eigenvalue weighted by molar-refractivity contribution is -0.143. The lowest BCUT2D eigenvalue weighted by Crippen LogP contribution is -2.30. The molecule has 0 fully saturated rings. The minimum Gasteiger partial charge on any atom is -0.480 e. The number of carboxylic acids is 1. The molecule has 0 aliphatic carbocycles. The summed E-state index contributed by atoms with van der Waals surface area (Å²) >= 11 is 0. The fourth-order valence-corrected chi connectivity index (χ4v) is 2.96. The standard InChI is InChI=1S/C18H21N5O2/c1-12-16(13(2)21-20-12)11-22(3)17(18(24)25)14-5-7-15(8-6-14)23-10-4-9-19-23/h4-10,17H,11H2,1-3H3,(H,20,21)(H,24,25)/t17-/m0/s1. The monoisotopic (exact) mass is 339 g/mol. The SMILES string of the molecule is Cc1n[nH]c(C)c1CN(C)[C@H](C(=O)O)c1ccc(-n2cccn2)cc1. The lowest BCUT2D eigenvalue weighted by atomic mass is 10.0. The largest absolute Gasteiger partial charge is 0.480 e. The fourth-order valence-electron chi connectivity index (χ4n) is 2.96. The Balaban J connectivity index is 1.84. The maximum absolute atomic E-state index is 11.9. The van der Waals surface area contributed by atoms with E-state index in [1.54, 1.807) is 10.9 Å². The Morgan fingerprint density at radius 1 is 1.32 bits per heavy atom. The summed E-state index contributed by atoms with van der Waals surface area (Å²) in [5, 5.41) is 21.0. The van der Waals surface area contributed by atoms with E-state index in [0.29, 0.717) is 6.54 Å². The zero-order valence-corrected chi connectivity index (χ0v) is 14.5. The van der Waals surface area contributed by atoms with Gasteiger partial charge in [0.1, 0.15) is 6.04 Å². The molecule has 2 aromatic heterocycles. The van der Waals surface area contributed by atoms with Gasteiger partial charge >= 0.3 is 5.97 Å². The van der Waals surface area contributed by atoms with Crippen LogP contribution in [0, 0.1) is 13.8 Å². The van der Waals surface area contributed by atoms with Crippen LogP contribution in [0.25, 0.3) is 5.69 Å². The minimum absolute atomic E-state index is 0.506. The second-order valence-electron chi connectivity index (χ2n) is 6.11. The molecule has 0 aliphatic rings. The van der Waals surface area contributed by atoms with Gasteiger partial charge in [0.2, 0.25) is 0 Å². The number of nitrogens with one attached hydrogen (secondary N) is 1. The highest BCUT2D eigenvalue weighted by Crippen LogP contribution is 2.24. The predicted octanol–water partition coefficient (Wildman–Crippen LogP) is 2.47. The van der Waals surface area contributed by atoms with Gasteiger partial charge in [-0.05, 0) is 44.7 Å². The van der Waals surface area contributed by atoms with Crippen molar-refractivity contribution in [2.75, 3.05) is 7.05 Å². The summed E-state index contributed by atoms with van der Waals surface area (Å²) in [6.07, 6.45) is 3.55. The molecule has 0 spiro atoms. The van der Waals surface area contributed by atoms with E-state index in [-0.39, 0.29) is 0 Å². The van der Waals surface area contributed by atoms with Crippen molar-refractivity contribution in [2.45, 2.75) is 26.4 Å². The van der Waals surface area contributed by atoms with Gasteiger partial charge in [-0.1, -0.05) is 12.1 Å². The number of rotatable bonds is 6. The molecule has 0 bridgehead atoms. The van der Waals surface area contributed by atoms with Gasteiger partial charge < -0.3 is 5.11 Å². The number of H-pyrrole nitrogens is 1. The van der Waals surface area contributed by atoms with E-state index in [2.05, 4.69) is 15.3 Å². The van der Waals surface area contributed by atoms with Gasteiger partial charge in [-0.2, -0.15) is 10.2 Å². The fraction of sp³-hybridized carbons (Fsp3) is 0.278. The summed E-state index contributed by atoms with van der Waals surface area (Å²) in [6.45, 7) is 4.37. The Kier molecular flexibility index (Phi) is 4.67. The van der Waals surface area contributed by atoms with Gasteiger partial charge in [-0.15, -0.1) is 0 Å². The van der Waals surface area contributed by atoms with Gasteiger partial charge in [0.05, 0.1) is 11.4 Å². The summed E-state index contributed by atoms with van der Waals surface area (Å²) in [5.74, 6) is -0.881. The van der Waals surface area contributed by atoms with Crippen LogP contribution in [-0.2, 0) is 11.3 Å². The molecule has 0 aliphatic heterocycles. The number of nitrogens with zero attached hydrogens (tertiary/aromatic N) is 4. The van der Waals surface area contributed by atoms with Crippen molar-refractivity contribution in [1.29, 1.82) is 0 Å². The second kappa shape index (κ2) is 6.90. The normalized spacial score (nSPS) is 12.5. The third-order valence-corrected chi connectivity index (χ3v) is 4.34. The predicted molar refractivity (Wildman–Crippen MR) is 93.5 cm³/mol. The van der Waals surface area contributed by atoms with Crippen molar-refractivity contribution in [3.63, 3.8) is 0 Å². The average Bonchev–Trinajstić information content (AvgIpc) is 3.21. The molecular weight excluding hydrogens is 318 g/mol. The molecular formula is C18H21N5O2. The van der Waals surface area contributed by atoms with Gasteiger partial charge in [0.25, 0.3) is 0 Å². The van der Waals surface area contributed by atoms with E-state index in [9.17, 15) is 9.90 Å². The van der Waals surface area contributed by atoms with Crippen molar-refractivity contribution >= 4 is 5.97 Å². The smallest absolute Gasteiger partial charge is 0.325 e. The average molecular weight is 339 g/mol. The number of benzene rings is 1. The Morgan fingerprint density at radius 2 is 2.04 bits per heavy atom. The molecule has 7 nitrogen and oxygen atoms in total. The first-order chi connectivity index (χ1) is 12.0. The van der Waals surface area contributed by atoms with Crippen LogP contribution >= 0.6 is 0 Å². The van der Waals surface area contributed by atoms with Crippen molar-refractivity contribution in [3.05, 3.63) is 65.2 Å². The molecule has 130 valence electrons. The summed E-state index contributed by atoms with van der Waals surface area (Å²) in [5.41, 5.74) is 4.50. The number of carbonyl (C=O) groups is 1. The van der Waals surface area contributed by atoms with Gasteiger partial charge in [0, 0.05) is 30.2 Å². The molecule has 7 heteroatoms. The van der Waals surface area contributed by atoms with Crippen LogP contribution in [0.4, 0.5) is 0 Å². The Morgan fingerprint density at radius 3 is 2.56 bits per heavy atom. The molecule has 0 saturated heterocycles. The molecule has 0 saturated carbocycles. The van der Waals surface area contributed by atoms with Crippen molar-refractivity contribution < 1.29 is 9.90 Å². The Labute approximate surface area is 145 Å². The van der Waals surface area contributed by atoms with Crippen LogP contribution in [0.15, 0.2) is 42.7 Å². The van der Waals surface area contributed by atoms with Gasteiger partial charge in [0.15, 0.2) is 0 Å². The van der Waals surface area contributed by atoms with E-state index in [0.717, 1.165) is 28.2 Å². The van der Waals surface area contributed by atoms with Crippen molar-refractivity contribution in [3.8, 4) is 5.69 Å². The summed E-state index contributed by atoms with van der Waals surface area (Å²) in [6, 6.07) is 8.53. The highest BCUT2D eigenvalue weighted by Gasteiger charge is 2.26. The highest BCUT2D eigenvalue weighted by molar-refractivity contribution is 5.75. The zero-order chi connectivity index (χ0) is 18.0. The van der Waals surface area contributed by atoms with Crippen LogP contribution in [0.5, 0.6) is 0 Å². The maximum Gasteiger partial charge on any atom is 0.325 e.